The molecule has 0 fully saturated rings. The summed E-state index contributed by atoms with van der Waals surface area (Å²) >= 11 is 0. The zero-order valence-corrected chi connectivity index (χ0v) is 7.15. The topological polar surface area (TPSA) is 36.4 Å². The summed E-state index contributed by atoms with van der Waals surface area (Å²) in [5, 5.41) is 5.96. The fraction of sp³-hybridized carbons (Fsp3) is 0.375. The first-order chi connectivity index (χ1) is 5.15. The van der Waals surface area contributed by atoms with Gasteiger partial charge in [0.05, 0.1) is 0 Å². The molecule has 0 spiro atoms. The highest BCUT2D eigenvalue weighted by molar-refractivity contribution is 5.84. The SMILES string of the molecule is C=C1NC(NC)=NC(C)=C1C. The van der Waals surface area contributed by atoms with E-state index in [0.717, 1.165) is 22.9 Å². The van der Waals surface area contributed by atoms with Gasteiger partial charge in [-0.05, 0) is 19.4 Å². The van der Waals surface area contributed by atoms with Crippen LogP contribution in [0.25, 0.3) is 0 Å². The zero-order valence-electron chi connectivity index (χ0n) is 7.15. The van der Waals surface area contributed by atoms with Crippen LogP contribution in [0.3, 0.4) is 0 Å². The minimum atomic E-state index is 0.762. The van der Waals surface area contributed by atoms with Crippen LogP contribution in [0.5, 0.6) is 0 Å². The minimum Gasteiger partial charge on any atom is -0.359 e. The Balaban J connectivity index is 2.96. The molecule has 0 aromatic rings. The highest BCUT2D eigenvalue weighted by atomic mass is 15.2. The third-order valence-corrected chi connectivity index (χ3v) is 1.78. The Morgan fingerprint density at radius 2 is 2.09 bits per heavy atom. The van der Waals surface area contributed by atoms with Gasteiger partial charge in [-0.25, -0.2) is 4.99 Å². The average Bonchev–Trinajstić information content (AvgIpc) is 1.99. The van der Waals surface area contributed by atoms with E-state index in [1.807, 2.05) is 20.9 Å². The summed E-state index contributed by atoms with van der Waals surface area (Å²) in [7, 11) is 1.83. The predicted molar refractivity (Wildman–Crippen MR) is 47.1 cm³/mol. The van der Waals surface area contributed by atoms with Crippen molar-refractivity contribution in [3.05, 3.63) is 23.5 Å². The molecule has 1 aliphatic heterocycles. The number of guanidine groups is 1. The highest BCUT2D eigenvalue weighted by Crippen LogP contribution is 2.14. The van der Waals surface area contributed by atoms with Crippen LogP contribution in [-0.4, -0.2) is 13.0 Å². The lowest BCUT2D eigenvalue weighted by Crippen LogP contribution is -2.36. The molecule has 2 N–H and O–H groups in total. The van der Waals surface area contributed by atoms with Gasteiger partial charge in [0.1, 0.15) is 0 Å². The summed E-state index contributed by atoms with van der Waals surface area (Å²) in [6, 6.07) is 0. The average molecular weight is 151 g/mol. The van der Waals surface area contributed by atoms with Gasteiger partial charge in [-0.3, -0.25) is 0 Å². The molecule has 0 radical (unpaired) electrons. The molecule has 3 heteroatoms. The fourth-order valence-corrected chi connectivity index (χ4v) is 0.853. The van der Waals surface area contributed by atoms with Gasteiger partial charge in [0, 0.05) is 18.4 Å². The summed E-state index contributed by atoms with van der Waals surface area (Å²) in [5.74, 6) is 0.762. The second-order valence-electron chi connectivity index (χ2n) is 2.52. The van der Waals surface area contributed by atoms with Crippen molar-refractivity contribution < 1.29 is 0 Å². The standard InChI is InChI=1S/C8H13N3/c1-5-6(2)10-8(9-4)11-7(5)3/h2H2,1,3-4H3,(H2,9,10,11). The number of hydrogen-bond donors (Lipinski definition) is 2. The van der Waals surface area contributed by atoms with Crippen molar-refractivity contribution >= 4 is 5.96 Å². The van der Waals surface area contributed by atoms with Crippen LogP contribution in [0.1, 0.15) is 13.8 Å². The summed E-state index contributed by atoms with van der Waals surface area (Å²) in [6.07, 6.45) is 0. The van der Waals surface area contributed by atoms with Crippen LogP contribution >= 0.6 is 0 Å². The summed E-state index contributed by atoms with van der Waals surface area (Å²) in [6.45, 7) is 7.83. The van der Waals surface area contributed by atoms with Crippen molar-refractivity contribution in [1.29, 1.82) is 0 Å². The molecule has 0 saturated carbocycles. The quantitative estimate of drug-likeness (QED) is 0.541. The first-order valence-electron chi connectivity index (χ1n) is 3.55. The molecule has 0 bridgehead atoms. The second-order valence-corrected chi connectivity index (χ2v) is 2.52. The first kappa shape index (κ1) is 7.85. The third-order valence-electron chi connectivity index (χ3n) is 1.78. The molecule has 1 rings (SSSR count). The molecule has 0 atom stereocenters. The first-order valence-corrected chi connectivity index (χ1v) is 3.55. The van der Waals surface area contributed by atoms with Crippen molar-refractivity contribution in [1.82, 2.24) is 10.6 Å². The lowest BCUT2D eigenvalue weighted by Gasteiger charge is -2.18. The molecule has 1 heterocycles. The van der Waals surface area contributed by atoms with Gasteiger partial charge in [0.15, 0.2) is 5.96 Å². The second kappa shape index (κ2) is 2.78. The minimum absolute atomic E-state index is 0.762. The van der Waals surface area contributed by atoms with Gasteiger partial charge in [-0.2, -0.15) is 0 Å². The van der Waals surface area contributed by atoms with E-state index in [1.165, 1.54) is 0 Å². The Labute approximate surface area is 66.9 Å². The van der Waals surface area contributed by atoms with E-state index in [0.29, 0.717) is 0 Å². The van der Waals surface area contributed by atoms with Crippen molar-refractivity contribution in [2.24, 2.45) is 4.99 Å². The van der Waals surface area contributed by atoms with Crippen LogP contribution in [0.2, 0.25) is 0 Å². The predicted octanol–water partition coefficient (Wildman–Crippen LogP) is 0.973. The van der Waals surface area contributed by atoms with E-state index in [1.54, 1.807) is 0 Å². The maximum atomic E-state index is 4.25. The molecule has 3 nitrogen and oxygen atoms in total. The van der Waals surface area contributed by atoms with Crippen LogP contribution in [0.4, 0.5) is 0 Å². The fourth-order valence-electron chi connectivity index (χ4n) is 0.853. The Hall–Kier alpha value is -1.25. The number of aliphatic imine (C=N–C) groups is 1. The monoisotopic (exact) mass is 151 g/mol. The highest BCUT2D eigenvalue weighted by Gasteiger charge is 2.09. The van der Waals surface area contributed by atoms with Gasteiger partial charge in [0.2, 0.25) is 0 Å². The molecule has 1 aliphatic rings. The van der Waals surface area contributed by atoms with Gasteiger partial charge < -0.3 is 10.6 Å². The Morgan fingerprint density at radius 3 is 2.55 bits per heavy atom. The van der Waals surface area contributed by atoms with Crippen molar-refractivity contribution in [3.8, 4) is 0 Å². The van der Waals surface area contributed by atoms with Crippen LogP contribution in [0, 0.1) is 0 Å². The lowest BCUT2D eigenvalue weighted by atomic mass is 10.2. The van der Waals surface area contributed by atoms with Crippen molar-refractivity contribution in [2.45, 2.75) is 13.8 Å². The van der Waals surface area contributed by atoms with Gasteiger partial charge >= 0.3 is 0 Å². The Morgan fingerprint density at radius 1 is 1.45 bits per heavy atom. The molecule has 11 heavy (non-hydrogen) atoms. The van der Waals surface area contributed by atoms with E-state index in [4.69, 9.17) is 0 Å². The largest absolute Gasteiger partial charge is 0.359 e. The molecule has 60 valence electrons. The lowest BCUT2D eigenvalue weighted by molar-refractivity contribution is 0.956. The van der Waals surface area contributed by atoms with Crippen molar-refractivity contribution in [2.75, 3.05) is 7.05 Å². The molecule has 0 saturated heterocycles. The van der Waals surface area contributed by atoms with E-state index in [-0.39, 0.29) is 0 Å². The maximum Gasteiger partial charge on any atom is 0.200 e. The number of nitrogens with one attached hydrogen (secondary N) is 2. The molecule has 0 unspecified atom stereocenters. The van der Waals surface area contributed by atoms with Crippen LogP contribution in [0.15, 0.2) is 28.5 Å². The van der Waals surface area contributed by atoms with Gasteiger partial charge in [-0.15, -0.1) is 0 Å². The van der Waals surface area contributed by atoms with Gasteiger partial charge in [0.25, 0.3) is 0 Å². The normalized spacial score (nSPS) is 17.7. The Bertz CT molecular complexity index is 248. The zero-order chi connectivity index (χ0) is 8.43. The summed E-state index contributed by atoms with van der Waals surface area (Å²) < 4.78 is 0. The summed E-state index contributed by atoms with van der Waals surface area (Å²) in [5.41, 5.74) is 3.05. The number of allylic oxidation sites excluding steroid dienone is 2. The summed E-state index contributed by atoms with van der Waals surface area (Å²) in [4.78, 5) is 4.25. The van der Waals surface area contributed by atoms with Crippen LogP contribution < -0.4 is 10.6 Å². The molecular weight excluding hydrogens is 138 g/mol. The molecular formula is C8H13N3. The van der Waals surface area contributed by atoms with Crippen molar-refractivity contribution in [3.63, 3.8) is 0 Å². The number of hydrogen-bond acceptors (Lipinski definition) is 3. The van der Waals surface area contributed by atoms with Crippen LogP contribution in [-0.2, 0) is 0 Å². The molecule has 0 aromatic carbocycles. The Kier molecular flexibility index (Phi) is 1.98. The third kappa shape index (κ3) is 1.42. The number of nitrogens with zero attached hydrogens (tertiary/aromatic N) is 1. The smallest absolute Gasteiger partial charge is 0.200 e. The molecule has 0 aliphatic carbocycles. The molecule has 0 amide bonds. The van der Waals surface area contributed by atoms with E-state index in [2.05, 4.69) is 22.2 Å². The van der Waals surface area contributed by atoms with E-state index < -0.39 is 0 Å². The maximum absolute atomic E-state index is 4.25. The molecule has 0 aromatic heterocycles. The van der Waals surface area contributed by atoms with E-state index in [9.17, 15) is 0 Å². The van der Waals surface area contributed by atoms with Gasteiger partial charge in [-0.1, -0.05) is 6.58 Å². The van der Waals surface area contributed by atoms with E-state index >= 15 is 0 Å². The number of rotatable bonds is 0.